The van der Waals surface area contributed by atoms with Crippen LogP contribution in [-0.4, -0.2) is 55.5 Å². The van der Waals surface area contributed by atoms with Crippen molar-refractivity contribution in [3.63, 3.8) is 0 Å². The Balaban J connectivity index is 1.86. The summed E-state index contributed by atoms with van der Waals surface area (Å²) >= 11 is 0. The van der Waals surface area contributed by atoms with Gasteiger partial charge in [0, 0.05) is 26.3 Å². The van der Waals surface area contributed by atoms with Gasteiger partial charge in [-0.05, 0) is 31.2 Å². The molecule has 2 aromatic rings. The predicted octanol–water partition coefficient (Wildman–Crippen LogP) is 3.01. The highest BCUT2D eigenvalue weighted by Gasteiger charge is 2.23. The summed E-state index contributed by atoms with van der Waals surface area (Å²) in [6.07, 6.45) is -0.262. The first-order valence-electron chi connectivity index (χ1n) is 8.61. The summed E-state index contributed by atoms with van der Waals surface area (Å²) < 4.78 is 22.1. The summed E-state index contributed by atoms with van der Waals surface area (Å²) in [5.41, 5.74) is 0.473. The van der Waals surface area contributed by atoms with E-state index in [1.165, 1.54) is 17.0 Å². The molecule has 2 aromatic carbocycles. The second kappa shape index (κ2) is 8.18. The van der Waals surface area contributed by atoms with Crippen LogP contribution in [0.5, 0.6) is 23.0 Å². The summed E-state index contributed by atoms with van der Waals surface area (Å²) in [7, 11) is 3.21. The number of nitrogens with zero attached hydrogens (tertiary/aromatic N) is 1. The minimum atomic E-state index is -1.10. The van der Waals surface area contributed by atoms with Crippen molar-refractivity contribution in [1.29, 1.82) is 0 Å². The number of aromatic carboxylic acids is 1. The van der Waals surface area contributed by atoms with Gasteiger partial charge < -0.3 is 29.0 Å². The zero-order valence-corrected chi connectivity index (χ0v) is 15.8. The molecule has 0 saturated carbocycles. The van der Waals surface area contributed by atoms with Gasteiger partial charge in [-0.2, -0.15) is 0 Å². The lowest BCUT2D eigenvalue weighted by molar-refractivity contribution is 0.0594. The van der Waals surface area contributed by atoms with E-state index in [-0.39, 0.29) is 24.3 Å². The first-order chi connectivity index (χ1) is 13.4. The van der Waals surface area contributed by atoms with E-state index in [2.05, 4.69) is 0 Å². The summed E-state index contributed by atoms with van der Waals surface area (Å²) in [6.45, 7) is 2.32. The number of carbonyl (C=O) groups is 2. The van der Waals surface area contributed by atoms with E-state index < -0.39 is 5.97 Å². The Morgan fingerprint density at radius 3 is 2.68 bits per heavy atom. The van der Waals surface area contributed by atoms with Crippen LogP contribution in [0.25, 0.3) is 0 Å². The smallest absolute Gasteiger partial charge is 0.335 e. The van der Waals surface area contributed by atoms with Crippen molar-refractivity contribution in [2.24, 2.45) is 0 Å². The second-order valence-electron chi connectivity index (χ2n) is 6.42. The van der Waals surface area contributed by atoms with Crippen molar-refractivity contribution in [3.8, 4) is 23.0 Å². The third-order valence-electron chi connectivity index (χ3n) is 4.05. The fraction of sp³-hybridized carbons (Fsp3) is 0.300. The highest BCUT2D eigenvalue weighted by molar-refractivity contribution is 5.97. The molecule has 8 nitrogen and oxygen atoms in total. The van der Waals surface area contributed by atoms with E-state index in [0.29, 0.717) is 35.2 Å². The number of fused-ring (bicyclic) bond motifs is 1. The molecule has 0 spiro atoms. The van der Waals surface area contributed by atoms with Crippen molar-refractivity contribution in [3.05, 3.63) is 47.5 Å². The number of methoxy groups -OCH3 is 1. The molecule has 3 rings (SSSR count). The molecule has 148 valence electrons. The maximum Gasteiger partial charge on any atom is 0.335 e. The van der Waals surface area contributed by atoms with Crippen molar-refractivity contribution < 1.29 is 33.6 Å². The number of hydrogen-bond donors (Lipinski definition) is 1. The molecule has 1 heterocycles. The minimum Gasteiger partial charge on any atom is -0.488 e. The largest absolute Gasteiger partial charge is 0.488 e. The van der Waals surface area contributed by atoms with Crippen LogP contribution in [0, 0.1) is 0 Å². The van der Waals surface area contributed by atoms with Crippen molar-refractivity contribution in [1.82, 2.24) is 4.90 Å². The standard InChI is InChI=1S/C20H21NO7/c1-12(10-25-3)27-15-6-13(20(23)24)7-16(8-15)28-14-4-5-17-18(9-14)26-11-21(2)19(17)22/h4-9,12H,10-11H2,1-3H3,(H,23,24)/t12-/m0/s1. The number of carboxylic acid groups (broad SMARTS) is 1. The van der Waals surface area contributed by atoms with E-state index >= 15 is 0 Å². The molecular formula is C20H21NO7. The molecule has 1 atom stereocenters. The summed E-state index contributed by atoms with van der Waals surface area (Å²) in [6, 6.07) is 9.25. The normalized spacial score (nSPS) is 14.1. The molecular weight excluding hydrogens is 366 g/mol. The number of carbonyl (C=O) groups excluding carboxylic acids is 1. The minimum absolute atomic E-state index is 0.0307. The predicted molar refractivity (Wildman–Crippen MR) is 99.5 cm³/mol. The SMILES string of the molecule is COC[C@H](C)Oc1cc(Oc2ccc3c(c2)OCN(C)C3=O)cc(C(=O)O)c1. The molecule has 0 aliphatic carbocycles. The maximum atomic E-state index is 12.1. The molecule has 0 radical (unpaired) electrons. The fourth-order valence-corrected chi connectivity index (χ4v) is 2.75. The van der Waals surface area contributed by atoms with Gasteiger partial charge in [0.05, 0.1) is 17.7 Å². The Labute approximate surface area is 162 Å². The number of rotatable bonds is 7. The van der Waals surface area contributed by atoms with Crippen molar-refractivity contribution in [2.75, 3.05) is 27.5 Å². The fourth-order valence-electron chi connectivity index (χ4n) is 2.75. The third-order valence-corrected chi connectivity index (χ3v) is 4.05. The number of carboxylic acids is 1. The molecule has 1 N–H and O–H groups in total. The molecule has 1 aliphatic rings. The Bertz CT molecular complexity index is 896. The molecule has 1 amide bonds. The quantitative estimate of drug-likeness (QED) is 0.780. The Kier molecular flexibility index (Phi) is 5.70. The maximum absolute atomic E-state index is 12.1. The number of amides is 1. The molecule has 0 bridgehead atoms. The van der Waals surface area contributed by atoms with Gasteiger partial charge in [-0.3, -0.25) is 4.79 Å². The molecule has 28 heavy (non-hydrogen) atoms. The van der Waals surface area contributed by atoms with Crippen LogP contribution in [-0.2, 0) is 4.74 Å². The monoisotopic (exact) mass is 387 g/mol. The highest BCUT2D eigenvalue weighted by Crippen LogP contribution is 2.33. The molecule has 1 aliphatic heterocycles. The van der Waals surface area contributed by atoms with Gasteiger partial charge in [-0.25, -0.2) is 4.79 Å². The van der Waals surface area contributed by atoms with Crippen LogP contribution in [0.15, 0.2) is 36.4 Å². The number of benzene rings is 2. The topological polar surface area (TPSA) is 94.5 Å². The number of ether oxygens (including phenoxy) is 4. The van der Waals surface area contributed by atoms with E-state index in [9.17, 15) is 14.7 Å². The summed E-state index contributed by atoms with van der Waals surface area (Å²) in [5.74, 6) is 0.236. The molecule has 0 unspecified atom stereocenters. The lowest BCUT2D eigenvalue weighted by atomic mass is 10.1. The first kappa shape index (κ1) is 19.5. The van der Waals surface area contributed by atoms with E-state index in [1.807, 2.05) is 6.92 Å². The van der Waals surface area contributed by atoms with Crippen LogP contribution < -0.4 is 14.2 Å². The van der Waals surface area contributed by atoms with Gasteiger partial charge in [0.15, 0.2) is 6.73 Å². The summed E-state index contributed by atoms with van der Waals surface area (Å²) in [5, 5.41) is 9.35. The van der Waals surface area contributed by atoms with Crippen LogP contribution >= 0.6 is 0 Å². The van der Waals surface area contributed by atoms with Gasteiger partial charge in [0.1, 0.15) is 29.1 Å². The van der Waals surface area contributed by atoms with Crippen LogP contribution in [0.3, 0.4) is 0 Å². The average molecular weight is 387 g/mol. The third kappa shape index (κ3) is 4.34. The van der Waals surface area contributed by atoms with E-state index in [0.717, 1.165) is 0 Å². The molecule has 0 saturated heterocycles. The van der Waals surface area contributed by atoms with Crippen LogP contribution in [0.4, 0.5) is 0 Å². The second-order valence-corrected chi connectivity index (χ2v) is 6.42. The Morgan fingerprint density at radius 1 is 1.21 bits per heavy atom. The van der Waals surface area contributed by atoms with Gasteiger partial charge >= 0.3 is 5.97 Å². The van der Waals surface area contributed by atoms with Gasteiger partial charge in [0.2, 0.25) is 0 Å². The first-order valence-corrected chi connectivity index (χ1v) is 8.61. The zero-order chi connectivity index (χ0) is 20.3. The highest BCUT2D eigenvalue weighted by atomic mass is 16.5. The van der Waals surface area contributed by atoms with Crippen molar-refractivity contribution >= 4 is 11.9 Å². The van der Waals surface area contributed by atoms with Gasteiger partial charge in [0.25, 0.3) is 5.91 Å². The van der Waals surface area contributed by atoms with E-state index in [4.69, 9.17) is 18.9 Å². The van der Waals surface area contributed by atoms with Crippen LogP contribution in [0.1, 0.15) is 27.6 Å². The molecule has 0 aromatic heterocycles. The van der Waals surface area contributed by atoms with Gasteiger partial charge in [-0.15, -0.1) is 0 Å². The zero-order valence-electron chi connectivity index (χ0n) is 15.8. The lowest BCUT2D eigenvalue weighted by Crippen LogP contribution is -2.35. The Morgan fingerprint density at radius 2 is 1.96 bits per heavy atom. The van der Waals surface area contributed by atoms with Gasteiger partial charge in [-0.1, -0.05) is 0 Å². The average Bonchev–Trinajstić information content (AvgIpc) is 2.65. The van der Waals surface area contributed by atoms with Crippen LogP contribution in [0.2, 0.25) is 0 Å². The Hall–Kier alpha value is -3.26. The molecule has 8 heteroatoms. The van der Waals surface area contributed by atoms with E-state index in [1.54, 1.807) is 38.4 Å². The van der Waals surface area contributed by atoms with Crippen molar-refractivity contribution in [2.45, 2.75) is 13.0 Å². The lowest BCUT2D eigenvalue weighted by Gasteiger charge is -2.25. The molecule has 0 fully saturated rings. The summed E-state index contributed by atoms with van der Waals surface area (Å²) in [4.78, 5) is 25.0. The number of hydrogen-bond acceptors (Lipinski definition) is 6.